The second kappa shape index (κ2) is 5.02. The molecule has 98 valence electrons. The predicted octanol–water partition coefficient (Wildman–Crippen LogP) is 2.66. The summed E-state index contributed by atoms with van der Waals surface area (Å²) < 4.78 is 0. The van der Waals surface area contributed by atoms with E-state index in [4.69, 9.17) is 0 Å². The Labute approximate surface area is 110 Å². The Morgan fingerprint density at radius 2 is 1.83 bits per heavy atom. The molecule has 0 unspecified atom stereocenters. The lowest BCUT2D eigenvalue weighted by Crippen LogP contribution is -2.45. The van der Waals surface area contributed by atoms with Crippen LogP contribution in [-0.4, -0.2) is 31.1 Å². The fourth-order valence-electron chi connectivity index (χ4n) is 3.10. The maximum Gasteiger partial charge on any atom is 0.0377 e. The zero-order valence-corrected chi connectivity index (χ0v) is 11.6. The van der Waals surface area contributed by atoms with E-state index in [0.717, 1.165) is 19.0 Å². The molecule has 0 aromatic heterocycles. The van der Waals surface area contributed by atoms with Crippen LogP contribution in [0.5, 0.6) is 0 Å². The van der Waals surface area contributed by atoms with Crippen LogP contribution in [0.25, 0.3) is 0 Å². The van der Waals surface area contributed by atoms with Crippen LogP contribution in [0.15, 0.2) is 18.2 Å². The van der Waals surface area contributed by atoms with Gasteiger partial charge < -0.3 is 5.32 Å². The largest absolute Gasteiger partial charge is 0.314 e. The zero-order chi connectivity index (χ0) is 12.5. The summed E-state index contributed by atoms with van der Waals surface area (Å²) >= 11 is 0. The molecule has 0 bridgehead atoms. The fourth-order valence-corrected chi connectivity index (χ4v) is 3.10. The van der Waals surface area contributed by atoms with Gasteiger partial charge in [0.05, 0.1) is 0 Å². The third kappa shape index (κ3) is 2.45. The molecule has 1 aliphatic heterocycles. The van der Waals surface area contributed by atoms with Crippen LogP contribution in [0.2, 0.25) is 0 Å². The van der Waals surface area contributed by atoms with Crippen LogP contribution in [0.4, 0.5) is 0 Å². The molecule has 2 heteroatoms. The highest BCUT2D eigenvalue weighted by molar-refractivity contribution is 5.32. The maximum atomic E-state index is 3.46. The Hall–Kier alpha value is -0.860. The van der Waals surface area contributed by atoms with E-state index in [2.05, 4.69) is 42.3 Å². The van der Waals surface area contributed by atoms with E-state index in [-0.39, 0.29) is 0 Å². The summed E-state index contributed by atoms with van der Waals surface area (Å²) in [5.41, 5.74) is 4.39. The van der Waals surface area contributed by atoms with E-state index in [1.807, 2.05) is 0 Å². The summed E-state index contributed by atoms with van der Waals surface area (Å²) in [6.45, 7) is 9.14. The van der Waals surface area contributed by atoms with Crippen molar-refractivity contribution in [3.63, 3.8) is 0 Å². The number of nitrogens with zero attached hydrogens (tertiary/aromatic N) is 1. The Morgan fingerprint density at radius 3 is 2.44 bits per heavy atom. The second-order valence-corrected chi connectivity index (χ2v) is 5.91. The average molecular weight is 244 g/mol. The maximum absolute atomic E-state index is 3.46. The third-order valence-corrected chi connectivity index (χ3v) is 4.49. The van der Waals surface area contributed by atoms with E-state index < -0.39 is 0 Å². The first kappa shape index (κ1) is 12.2. The second-order valence-electron chi connectivity index (χ2n) is 5.91. The number of hydrogen-bond acceptors (Lipinski definition) is 2. The molecular formula is C16H24N2. The zero-order valence-electron chi connectivity index (χ0n) is 11.6. The van der Waals surface area contributed by atoms with E-state index >= 15 is 0 Å². The van der Waals surface area contributed by atoms with Crippen LogP contribution in [0, 0.1) is 19.8 Å². The van der Waals surface area contributed by atoms with Gasteiger partial charge in [-0.25, -0.2) is 0 Å². The summed E-state index contributed by atoms with van der Waals surface area (Å²) in [6, 6.07) is 7.74. The summed E-state index contributed by atoms with van der Waals surface area (Å²) in [5.74, 6) is 0.908. The van der Waals surface area contributed by atoms with Gasteiger partial charge in [0.25, 0.3) is 0 Å². The predicted molar refractivity (Wildman–Crippen MR) is 75.8 cm³/mol. The first-order chi connectivity index (χ1) is 8.75. The van der Waals surface area contributed by atoms with Crippen LogP contribution in [-0.2, 0) is 0 Å². The molecule has 1 atom stereocenters. The van der Waals surface area contributed by atoms with Gasteiger partial charge in [-0.1, -0.05) is 18.2 Å². The number of aryl methyl sites for hydroxylation is 2. The normalized spacial score (nSPS) is 23.0. The van der Waals surface area contributed by atoms with Crippen molar-refractivity contribution >= 4 is 0 Å². The standard InChI is InChI=1S/C16H24N2/c1-12-3-4-15(11-13(12)2)16(14-5-6-14)18-9-7-17-8-10-18/h3-4,11,14,16-17H,5-10H2,1-2H3/t16-/m0/s1. The lowest BCUT2D eigenvalue weighted by Gasteiger charge is -2.35. The summed E-state index contributed by atoms with van der Waals surface area (Å²) in [6.07, 6.45) is 2.84. The smallest absolute Gasteiger partial charge is 0.0377 e. The van der Waals surface area contributed by atoms with Crippen molar-refractivity contribution in [1.29, 1.82) is 0 Å². The SMILES string of the molecule is Cc1ccc([C@H](C2CC2)N2CCNCC2)cc1C. The van der Waals surface area contributed by atoms with Gasteiger partial charge in [-0.2, -0.15) is 0 Å². The molecule has 2 aliphatic rings. The van der Waals surface area contributed by atoms with E-state index in [1.54, 1.807) is 5.56 Å². The number of benzene rings is 1. The molecule has 0 radical (unpaired) electrons. The first-order valence-corrected chi connectivity index (χ1v) is 7.27. The van der Waals surface area contributed by atoms with Crippen molar-refractivity contribution in [3.05, 3.63) is 34.9 Å². The van der Waals surface area contributed by atoms with Gasteiger partial charge in [-0.15, -0.1) is 0 Å². The van der Waals surface area contributed by atoms with Crippen LogP contribution < -0.4 is 5.32 Å². The third-order valence-electron chi connectivity index (χ3n) is 4.49. The molecule has 3 rings (SSSR count). The number of nitrogens with one attached hydrogen (secondary N) is 1. The monoisotopic (exact) mass is 244 g/mol. The quantitative estimate of drug-likeness (QED) is 0.879. The van der Waals surface area contributed by atoms with E-state index in [9.17, 15) is 0 Å². The van der Waals surface area contributed by atoms with Crippen molar-refractivity contribution in [2.45, 2.75) is 32.7 Å². The van der Waals surface area contributed by atoms with E-state index in [1.165, 1.54) is 37.1 Å². The minimum absolute atomic E-state index is 0.673. The molecule has 1 aliphatic carbocycles. The van der Waals surface area contributed by atoms with Gasteiger partial charge in [0.1, 0.15) is 0 Å². The molecule has 2 nitrogen and oxygen atoms in total. The van der Waals surface area contributed by atoms with Gasteiger partial charge in [0.15, 0.2) is 0 Å². The Balaban J connectivity index is 1.85. The Kier molecular flexibility index (Phi) is 3.40. The summed E-state index contributed by atoms with van der Waals surface area (Å²) in [4.78, 5) is 2.69. The highest BCUT2D eigenvalue weighted by Crippen LogP contribution is 2.44. The van der Waals surface area contributed by atoms with Crippen molar-refractivity contribution in [3.8, 4) is 0 Å². The van der Waals surface area contributed by atoms with Gasteiger partial charge in [0, 0.05) is 32.2 Å². The van der Waals surface area contributed by atoms with Crippen LogP contribution in [0.1, 0.15) is 35.6 Å². The van der Waals surface area contributed by atoms with Crippen LogP contribution >= 0.6 is 0 Å². The first-order valence-electron chi connectivity index (χ1n) is 7.27. The highest BCUT2D eigenvalue weighted by atomic mass is 15.2. The lowest BCUT2D eigenvalue weighted by atomic mass is 9.96. The van der Waals surface area contributed by atoms with E-state index in [0.29, 0.717) is 6.04 Å². The molecule has 1 N–H and O–H groups in total. The minimum atomic E-state index is 0.673. The topological polar surface area (TPSA) is 15.3 Å². The average Bonchev–Trinajstić information content (AvgIpc) is 3.20. The highest BCUT2D eigenvalue weighted by Gasteiger charge is 2.36. The van der Waals surface area contributed by atoms with Gasteiger partial charge in [-0.3, -0.25) is 4.90 Å². The molecule has 1 aromatic carbocycles. The lowest BCUT2D eigenvalue weighted by molar-refractivity contribution is 0.156. The molecule has 1 aromatic rings. The number of rotatable bonds is 3. The van der Waals surface area contributed by atoms with Crippen molar-refractivity contribution < 1.29 is 0 Å². The molecule has 1 saturated carbocycles. The molecule has 1 saturated heterocycles. The molecule has 0 spiro atoms. The Morgan fingerprint density at radius 1 is 1.11 bits per heavy atom. The molecular weight excluding hydrogens is 220 g/mol. The summed E-state index contributed by atoms with van der Waals surface area (Å²) in [5, 5.41) is 3.46. The number of hydrogen-bond donors (Lipinski definition) is 1. The summed E-state index contributed by atoms with van der Waals surface area (Å²) in [7, 11) is 0. The van der Waals surface area contributed by atoms with Gasteiger partial charge in [-0.05, 0) is 49.3 Å². The fraction of sp³-hybridized carbons (Fsp3) is 0.625. The van der Waals surface area contributed by atoms with Gasteiger partial charge in [0.2, 0.25) is 0 Å². The molecule has 0 amide bonds. The molecule has 2 fully saturated rings. The number of piperazine rings is 1. The molecule has 1 heterocycles. The van der Waals surface area contributed by atoms with Crippen molar-refractivity contribution in [2.75, 3.05) is 26.2 Å². The Bertz CT molecular complexity index is 417. The van der Waals surface area contributed by atoms with Crippen LogP contribution in [0.3, 0.4) is 0 Å². The van der Waals surface area contributed by atoms with Gasteiger partial charge >= 0.3 is 0 Å². The minimum Gasteiger partial charge on any atom is -0.314 e. The molecule has 18 heavy (non-hydrogen) atoms. The van der Waals surface area contributed by atoms with Crippen molar-refractivity contribution in [2.24, 2.45) is 5.92 Å². The van der Waals surface area contributed by atoms with Crippen molar-refractivity contribution in [1.82, 2.24) is 10.2 Å².